The Morgan fingerprint density at radius 1 is 1.04 bits per heavy atom. The Hall–Kier alpha value is -2.46. The van der Waals surface area contributed by atoms with Gasteiger partial charge in [0, 0.05) is 24.3 Å². The van der Waals surface area contributed by atoms with E-state index in [1.54, 1.807) is 16.8 Å². The molecule has 0 atom stereocenters. The highest BCUT2D eigenvalue weighted by molar-refractivity contribution is 5.75. The van der Waals surface area contributed by atoms with Crippen molar-refractivity contribution >= 4 is 0 Å². The summed E-state index contributed by atoms with van der Waals surface area (Å²) in [5, 5.41) is 4.53. The number of hydrogen-bond donors (Lipinski definition) is 1. The molecular weight excluding hydrogens is 289 g/mol. The number of halogens is 1. The summed E-state index contributed by atoms with van der Waals surface area (Å²) in [5.74, 6) is -0.228. The Labute approximate surface area is 134 Å². The molecule has 1 heterocycles. The molecule has 0 aliphatic heterocycles. The lowest BCUT2D eigenvalue weighted by Gasteiger charge is -2.16. The van der Waals surface area contributed by atoms with E-state index in [-0.39, 0.29) is 11.4 Å². The summed E-state index contributed by atoms with van der Waals surface area (Å²) in [4.78, 5) is 0. The van der Waals surface area contributed by atoms with E-state index in [9.17, 15) is 4.39 Å². The van der Waals surface area contributed by atoms with Crippen LogP contribution < -0.4 is 5.73 Å². The first-order chi connectivity index (χ1) is 11.0. The summed E-state index contributed by atoms with van der Waals surface area (Å²) >= 11 is 0. The predicted molar refractivity (Wildman–Crippen MR) is 89.1 cm³/mol. The molecule has 1 aromatic heterocycles. The van der Waals surface area contributed by atoms with Gasteiger partial charge in [0.25, 0.3) is 0 Å². The van der Waals surface area contributed by atoms with Gasteiger partial charge in [-0.05, 0) is 53.8 Å². The molecule has 3 aromatic rings. The topological polar surface area (TPSA) is 43.8 Å². The molecule has 116 valence electrons. The van der Waals surface area contributed by atoms with E-state index in [0.717, 1.165) is 40.8 Å². The van der Waals surface area contributed by atoms with Crippen molar-refractivity contribution in [3.05, 3.63) is 66.1 Å². The molecule has 0 amide bonds. The maximum Gasteiger partial charge on any atom is 0.123 e. The van der Waals surface area contributed by atoms with E-state index < -0.39 is 0 Å². The maximum absolute atomic E-state index is 13.1. The third-order valence-corrected chi connectivity index (χ3v) is 4.51. The zero-order chi connectivity index (χ0) is 16.0. The minimum atomic E-state index is -0.228. The van der Waals surface area contributed by atoms with Crippen LogP contribution >= 0.6 is 0 Å². The van der Waals surface area contributed by atoms with Crippen molar-refractivity contribution in [2.24, 2.45) is 12.8 Å². The largest absolute Gasteiger partial charge is 0.321 e. The van der Waals surface area contributed by atoms with Crippen LogP contribution in [0.3, 0.4) is 0 Å². The SMILES string of the molecule is Cn1ccc(-c2cc(-c3ccc(F)cc3)ccc2C2(N)CC2)n1. The molecule has 4 heteroatoms. The van der Waals surface area contributed by atoms with Crippen LogP contribution in [0.1, 0.15) is 18.4 Å². The van der Waals surface area contributed by atoms with Gasteiger partial charge in [0.05, 0.1) is 5.69 Å². The lowest BCUT2D eigenvalue weighted by atomic mass is 9.92. The summed E-state index contributed by atoms with van der Waals surface area (Å²) in [7, 11) is 1.91. The summed E-state index contributed by atoms with van der Waals surface area (Å²) in [6.45, 7) is 0. The Morgan fingerprint density at radius 2 is 1.74 bits per heavy atom. The van der Waals surface area contributed by atoms with Crippen molar-refractivity contribution in [2.75, 3.05) is 0 Å². The van der Waals surface area contributed by atoms with E-state index in [0.29, 0.717) is 0 Å². The third kappa shape index (κ3) is 2.55. The third-order valence-electron chi connectivity index (χ3n) is 4.51. The maximum atomic E-state index is 13.1. The Kier molecular flexibility index (Phi) is 3.10. The van der Waals surface area contributed by atoms with Crippen LogP contribution in [-0.2, 0) is 12.6 Å². The predicted octanol–water partition coefficient (Wildman–Crippen LogP) is 3.84. The fraction of sp³-hybridized carbons (Fsp3) is 0.211. The van der Waals surface area contributed by atoms with E-state index in [1.165, 1.54) is 12.1 Å². The van der Waals surface area contributed by atoms with Gasteiger partial charge in [-0.1, -0.05) is 24.3 Å². The lowest BCUT2D eigenvalue weighted by Crippen LogP contribution is -2.19. The molecule has 0 unspecified atom stereocenters. The molecule has 0 radical (unpaired) electrons. The van der Waals surface area contributed by atoms with E-state index >= 15 is 0 Å². The molecule has 1 saturated carbocycles. The monoisotopic (exact) mass is 307 g/mol. The second kappa shape index (κ2) is 5.03. The van der Waals surface area contributed by atoms with Crippen LogP contribution in [-0.4, -0.2) is 9.78 Å². The number of nitrogens with two attached hydrogens (primary N) is 1. The second-order valence-electron chi connectivity index (χ2n) is 6.30. The van der Waals surface area contributed by atoms with Gasteiger partial charge < -0.3 is 5.73 Å². The molecule has 0 bridgehead atoms. The van der Waals surface area contributed by atoms with Gasteiger partial charge in [0.1, 0.15) is 5.82 Å². The van der Waals surface area contributed by atoms with Crippen LogP contribution in [0, 0.1) is 5.82 Å². The molecule has 2 N–H and O–H groups in total. The summed E-state index contributed by atoms with van der Waals surface area (Å²) in [6, 6.07) is 14.8. The average molecular weight is 307 g/mol. The van der Waals surface area contributed by atoms with E-state index in [1.807, 2.05) is 19.3 Å². The number of hydrogen-bond acceptors (Lipinski definition) is 2. The van der Waals surface area contributed by atoms with Crippen molar-refractivity contribution in [3.63, 3.8) is 0 Å². The molecule has 4 rings (SSSR count). The molecule has 2 aromatic carbocycles. The standard InChI is InChI=1S/C19H18FN3/c1-23-11-8-18(22-23)16-12-14(13-2-5-15(20)6-3-13)4-7-17(16)19(21)9-10-19/h2-8,11-12H,9-10,21H2,1H3. The molecule has 3 nitrogen and oxygen atoms in total. The molecule has 1 aliphatic carbocycles. The molecule has 0 saturated heterocycles. The zero-order valence-corrected chi connectivity index (χ0v) is 13.0. The molecular formula is C19H18FN3. The molecule has 1 fully saturated rings. The van der Waals surface area contributed by atoms with Gasteiger partial charge in [-0.25, -0.2) is 4.39 Å². The van der Waals surface area contributed by atoms with E-state index in [2.05, 4.69) is 23.3 Å². The molecule has 23 heavy (non-hydrogen) atoms. The van der Waals surface area contributed by atoms with Crippen LogP contribution in [0.15, 0.2) is 54.7 Å². The Morgan fingerprint density at radius 3 is 2.35 bits per heavy atom. The summed E-state index contributed by atoms with van der Waals surface area (Å²) < 4.78 is 14.9. The first-order valence-corrected chi connectivity index (χ1v) is 7.75. The van der Waals surface area contributed by atoms with Gasteiger partial charge in [-0.3, -0.25) is 4.68 Å². The Bertz CT molecular complexity index is 861. The van der Waals surface area contributed by atoms with Gasteiger partial charge >= 0.3 is 0 Å². The quantitative estimate of drug-likeness (QED) is 0.799. The lowest BCUT2D eigenvalue weighted by molar-refractivity contribution is 0.628. The minimum Gasteiger partial charge on any atom is -0.321 e. The smallest absolute Gasteiger partial charge is 0.123 e. The number of nitrogens with zero attached hydrogens (tertiary/aromatic N) is 2. The van der Waals surface area contributed by atoms with Gasteiger partial charge in [0.2, 0.25) is 0 Å². The highest BCUT2D eigenvalue weighted by Crippen LogP contribution is 2.47. The fourth-order valence-electron chi connectivity index (χ4n) is 2.97. The second-order valence-corrected chi connectivity index (χ2v) is 6.30. The van der Waals surface area contributed by atoms with Crippen molar-refractivity contribution in [1.82, 2.24) is 9.78 Å². The van der Waals surface area contributed by atoms with E-state index in [4.69, 9.17) is 5.73 Å². The van der Waals surface area contributed by atoms with Crippen molar-refractivity contribution in [2.45, 2.75) is 18.4 Å². The van der Waals surface area contributed by atoms with Crippen LogP contribution in [0.2, 0.25) is 0 Å². The number of aryl methyl sites for hydroxylation is 1. The van der Waals surface area contributed by atoms with Crippen molar-refractivity contribution < 1.29 is 4.39 Å². The van der Waals surface area contributed by atoms with Gasteiger partial charge in [0.15, 0.2) is 0 Å². The highest BCUT2D eigenvalue weighted by Gasteiger charge is 2.41. The highest BCUT2D eigenvalue weighted by atomic mass is 19.1. The first-order valence-electron chi connectivity index (χ1n) is 7.75. The Balaban J connectivity index is 1.86. The minimum absolute atomic E-state index is 0.228. The zero-order valence-electron chi connectivity index (χ0n) is 13.0. The van der Waals surface area contributed by atoms with Crippen LogP contribution in [0.4, 0.5) is 4.39 Å². The summed E-state index contributed by atoms with van der Waals surface area (Å²) in [6.07, 6.45) is 3.94. The normalized spacial score (nSPS) is 15.6. The number of rotatable bonds is 3. The fourth-order valence-corrected chi connectivity index (χ4v) is 2.97. The molecule has 1 aliphatic rings. The van der Waals surface area contributed by atoms with Crippen molar-refractivity contribution in [3.8, 4) is 22.4 Å². The first kappa shape index (κ1) is 14.2. The van der Waals surface area contributed by atoms with Crippen molar-refractivity contribution in [1.29, 1.82) is 0 Å². The van der Waals surface area contributed by atoms with Crippen LogP contribution in [0.25, 0.3) is 22.4 Å². The van der Waals surface area contributed by atoms with Crippen LogP contribution in [0.5, 0.6) is 0 Å². The average Bonchev–Trinajstić information content (AvgIpc) is 3.15. The number of benzene rings is 2. The number of aromatic nitrogens is 2. The molecule has 0 spiro atoms. The van der Waals surface area contributed by atoms with Gasteiger partial charge in [-0.15, -0.1) is 0 Å². The van der Waals surface area contributed by atoms with Gasteiger partial charge in [-0.2, -0.15) is 5.10 Å². The summed E-state index contributed by atoms with van der Waals surface area (Å²) in [5.41, 5.74) is 11.4.